The van der Waals surface area contributed by atoms with E-state index in [1.807, 2.05) is 11.0 Å². The lowest BCUT2D eigenvalue weighted by atomic mass is 9.84. The van der Waals surface area contributed by atoms with E-state index in [0.29, 0.717) is 11.8 Å². The fourth-order valence-electron chi connectivity index (χ4n) is 3.89. The minimum absolute atomic E-state index is 0.0722. The highest BCUT2D eigenvalue weighted by molar-refractivity contribution is 5.81. The van der Waals surface area contributed by atoms with E-state index >= 15 is 0 Å². The summed E-state index contributed by atoms with van der Waals surface area (Å²) in [5, 5.41) is 0. The third-order valence-corrected chi connectivity index (χ3v) is 5.39. The summed E-state index contributed by atoms with van der Waals surface area (Å²) < 4.78 is 4.60. The largest absolute Gasteiger partial charge is 0.469 e. The molecule has 0 saturated carbocycles. The highest BCUT2D eigenvalue weighted by Gasteiger charge is 2.34. The molecule has 136 valence electrons. The van der Waals surface area contributed by atoms with E-state index in [4.69, 9.17) is 0 Å². The molecular formula is C18H26N4O3. The second-order valence-corrected chi connectivity index (χ2v) is 6.84. The van der Waals surface area contributed by atoms with Crippen LogP contribution in [0.25, 0.3) is 0 Å². The fraction of sp³-hybridized carbons (Fsp3) is 0.667. The second kappa shape index (κ2) is 8.27. The number of carbonyl (C=O) groups is 2. The first-order chi connectivity index (χ1) is 12.2. The van der Waals surface area contributed by atoms with Crippen LogP contribution in [-0.4, -0.2) is 60.0 Å². The molecule has 0 N–H and O–H groups in total. The number of hydrogen-bond acceptors (Lipinski definition) is 6. The van der Waals surface area contributed by atoms with E-state index in [1.54, 1.807) is 12.4 Å². The minimum atomic E-state index is -0.320. The van der Waals surface area contributed by atoms with Gasteiger partial charge in [-0.25, -0.2) is 9.97 Å². The van der Waals surface area contributed by atoms with Gasteiger partial charge in [0.05, 0.1) is 13.5 Å². The van der Waals surface area contributed by atoms with Crippen LogP contribution in [0.3, 0.4) is 0 Å². The van der Waals surface area contributed by atoms with Gasteiger partial charge in [-0.15, -0.1) is 0 Å². The molecule has 3 rings (SSSR count). The Kier molecular flexibility index (Phi) is 5.83. The van der Waals surface area contributed by atoms with Crippen LogP contribution in [0.15, 0.2) is 18.5 Å². The maximum atomic E-state index is 12.2. The summed E-state index contributed by atoms with van der Waals surface area (Å²) in [5.41, 5.74) is 0. The number of hydrogen-bond donors (Lipinski definition) is 0. The Labute approximate surface area is 148 Å². The van der Waals surface area contributed by atoms with Crippen molar-refractivity contribution in [3.63, 3.8) is 0 Å². The van der Waals surface area contributed by atoms with E-state index in [2.05, 4.69) is 19.6 Å². The zero-order chi connectivity index (χ0) is 17.6. The summed E-state index contributed by atoms with van der Waals surface area (Å²) in [6, 6.07) is 1.83. The number of ether oxygens (including phenoxy) is 1. The Hall–Kier alpha value is -2.18. The van der Waals surface area contributed by atoms with Gasteiger partial charge in [-0.3, -0.25) is 9.59 Å². The van der Waals surface area contributed by atoms with Gasteiger partial charge in [-0.2, -0.15) is 0 Å². The van der Waals surface area contributed by atoms with Crippen LogP contribution in [0.1, 0.15) is 32.1 Å². The van der Waals surface area contributed by atoms with Crippen LogP contribution in [0, 0.1) is 11.8 Å². The number of anilines is 1. The molecule has 1 aromatic heterocycles. The molecule has 2 fully saturated rings. The summed E-state index contributed by atoms with van der Waals surface area (Å²) in [6.45, 7) is 3.59. The van der Waals surface area contributed by atoms with Crippen molar-refractivity contribution in [2.45, 2.75) is 32.1 Å². The SMILES string of the molecule is COC(=O)CCC(=O)N1CCC(C2CCN(c3ncccn3)CC2)C1. The lowest BCUT2D eigenvalue weighted by Gasteiger charge is -2.34. The standard InChI is InChI=1S/C18H26N4O3/c1-25-17(24)4-3-16(23)22-12-7-15(13-22)14-5-10-21(11-6-14)18-19-8-2-9-20-18/h2,8-9,14-15H,3-7,10-13H2,1H3. The van der Waals surface area contributed by atoms with Gasteiger partial charge in [0.1, 0.15) is 0 Å². The quantitative estimate of drug-likeness (QED) is 0.752. The molecule has 2 aliphatic rings. The third kappa shape index (κ3) is 4.46. The second-order valence-electron chi connectivity index (χ2n) is 6.84. The van der Waals surface area contributed by atoms with Crippen molar-refractivity contribution in [2.24, 2.45) is 11.8 Å². The molecule has 0 spiro atoms. The number of carbonyl (C=O) groups excluding carboxylic acids is 2. The predicted octanol–water partition coefficient (Wildman–Crippen LogP) is 1.49. The molecule has 0 aromatic carbocycles. The third-order valence-electron chi connectivity index (χ3n) is 5.39. The fourth-order valence-corrected chi connectivity index (χ4v) is 3.89. The van der Waals surface area contributed by atoms with Crippen LogP contribution in [0.2, 0.25) is 0 Å². The maximum absolute atomic E-state index is 12.2. The molecule has 1 atom stereocenters. The number of methoxy groups -OCH3 is 1. The van der Waals surface area contributed by atoms with Crippen molar-refractivity contribution in [2.75, 3.05) is 38.2 Å². The van der Waals surface area contributed by atoms with Crippen molar-refractivity contribution < 1.29 is 14.3 Å². The Morgan fingerprint density at radius 1 is 1.08 bits per heavy atom. The Balaban J connectivity index is 1.44. The predicted molar refractivity (Wildman–Crippen MR) is 92.9 cm³/mol. The molecule has 7 nitrogen and oxygen atoms in total. The summed E-state index contributed by atoms with van der Waals surface area (Å²) in [5.74, 6) is 1.79. The number of amides is 1. The monoisotopic (exact) mass is 346 g/mol. The number of likely N-dealkylation sites (tertiary alicyclic amines) is 1. The Morgan fingerprint density at radius 2 is 1.76 bits per heavy atom. The van der Waals surface area contributed by atoms with Crippen LogP contribution < -0.4 is 4.90 Å². The van der Waals surface area contributed by atoms with E-state index in [1.165, 1.54) is 7.11 Å². The Bertz CT molecular complexity index is 587. The summed E-state index contributed by atoms with van der Waals surface area (Å²) >= 11 is 0. The van der Waals surface area contributed by atoms with Gasteiger partial charge in [-0.05, 0) is 37.2 Å². The number of piperidine rings is 1. The molecule has 1 amide bonds. The summed E-state index contributed by atoms with van der Waals surface area (Å²) in [7, 11) is 1.35. The van der Waals surface area contributed by atoms with Crippen molar-refractivity contribution in [1.29, 1.82) is 0 Å². The first-order valence-corrected chi connectivity index (χ1v) is 9.04. The van der Waals surface area contributed by atoms with Crippen LogP contribution >= 0.6 is 0 Å². The molecule has 0 bridgehead atoms. The lowest BCUT2D eigenvalue weighted by molar-refractivity contribution is -0.143. The van der Waals surface area contributed by atoms with E-state index in [0.717, 1.165) is 51.4 Å². The van der Waals surface area contributed by atoms with Gasteiger partial charge >= 0.3 is 5.97 Å². The molecule has 1 aromatic rings. The zero-order valence-corrected chi connectivity index (χ0v) is 14.8. The maximum Gasteiger partial charge on any atom is 0.306 e. The van der Waals surface area contributed by atoms with Crippen molar-refractivity contribution in [1.82, 2.24) is 14.9 Å². The van der Waals surface area contributed by atoms with E-state index in [9.17, 15) is 9.59 Å². The van der Waals surface area contributed by atoms with Gasteiger partial charge in [-0.1, -0.05) is 0 Å². The number of esters is 1. The van der Waals surface area contributed by atoms with Crippen molar-refractivity contribution in [3.8, 4) is 0 Å². The average Bonchev–Trinajstić information content (AvgIpc) is 3.17. The highest BCUT2D eigenvalue weighted by Crippen LogP contribution is 2.32. The normalized spacial score (nSPS) is 21.4. The molecule has 0 radical (unpaired) electrons. The molecule has 7 heteroatoms. The summed E-state index contributed by atoms with van der Waals surface area (Å²) in [6.07, 6.45) is 7.29. The number of aromatic nitrogens is 2. The molecule has 2 aliphatic heterocycles. The zero-order valence-electron chi connectivity index (χ0n) is 14.8. The highest BCUT2D eigenvalue weighted by atomic mass is 16.5. The molecule has 3 heterocycles. The Morgan fingerprint density at radius 3 is 2.44 bits per heavy atom. The number of nitrogens with zero attached hydrogens (tertiary/aromatic N) is 4. The number of rotatable bonds is 5. The topological polar surface area (TPSA) is 75.6 Å². The van der Waals surface area contributed by atoms with E-state index in [-0.39, 0.29) is 24.7 Å². The summed E-state index contributed by atoms with van der Waals surface area (Å²) in [4.78, 5) is 36.2. The average molecular weight is 346 g/mol. The smallest absolute Gasteiger partial charge is 0.306 e. The molecule has 25 heavy (non-hydrogen) atoms. The molecule has 2 saturated heterocycles. The molecule has 1 unspecified atom stereocenters. The minimum Gasteiger partial charge on any atom is -0.469 e. The van der Waals surface area contributed by atoms with Gasteiger partial charge in [0.2, 0.25) is 11.9 Å². The van der Waals surface area contributed by atoms with Crippen LogP contribution in [-0.2, 0) is 14.3 Å². The van der Waals surface area contributed by atoms with Crippen molar-refractivity contribution in [3.05, 3.63) is 18.5 Å². The lowest BCUT2D eigenvalue weighted by Crippen LogP contribution is -2.38. The molecule has 0 aliphatic carbocycles. The van der Waals surface area contributed by atoms with Gasteiger partial charge in [0.25, 0.3) is 0 Å². The van der Waals surface area contributed by atoms with Gasteiger partial charge < -0.3 is 14.5 Å². The van der Waals surface area contributed by atoms with Crippen LogP contribution in [0.5, 0.6) is 0 Å². The van der Waals surface area contributed by atoms with Gasteiger partial charge in [0, 0.05) is 45.0 Å². The van der Waals surface area contributed by atoms with Crippen LogP contribution in [0.4, 0.5) is 5.95 Å². The first-order valence-electron chi connectivity index (χ1n) is 9.04. The first kappa shape index (κ1) is 17.6. The van der Waals surface area contributed by atoms with Crippen molar-refractivity contribution >= 4 is 17.8 Å². The van der Waals surface area contributed by atoms with E-state index < -0.39 is 0 Å². The van der Waals surface area contributed by atoms with Gasteiger partial charge in [0.15, 0.2) is 0 Å². The molecular weight excluding hydrogens is 320 g/mol.